The van der Waals surface area contributed by atoms with E-state index in [9.17, 15) is 0 Å². The van der Waals surface area contributed by atoms with Crippen LogP contribution in [-0.2, 0) is 12.2 Å². The second kappa shape index (κ2) is 8.97. The van der Waals surface area contributed by atoms with Crippen LogP contribution in [0.15, 0.2) is 84.0 Å². The number of methoxy groups -OCH3 is 1. The minimum Gasteiger partial charge on any atom is -0.496 e. The van der Waals surface area contributed by atoms with E-state index in [1.54, 1.807) is 18.9 Å². The lowest BCUT2D eigenvalue weighted by Gasteiger charge is -2.12. The van der Waals surface area contributed by atoms with Gasteiger partial charge in [0.05, 0.1) is 7.11 Å². The molecular weight excluding hydrogens is 378 g/mol. The molecule has 0 aliphatic heterocycles. The molecule has 0 saturated heterocycles. The fourth-order valence-corrected chi connectivity index (χ4v) is 4.24. The molecule has 0 amide bonds. The van der Waals surface area contributed by atoms with Gasteiger partial charge in [0.25, 0.3) is 0 Å². The summed E-state index contributed by atoms with van der Waals surface area (Å²) in [7, 11) is 1.71. The first-order chi connectivity index (χ1) is 14.2. The van der Waals surface area contributed by atoms with E-state index in [1.165, 1.54) is 11.1 Å². The van der Waals surface area contributed by atoms with Crippen LogP contribution in [0.5, 0.6) is 5.75 Å². The third-order valence-electron chi connectivity index (χ3n) is 4.71. The summed E-state index contributed by atoms with van der Waals surface area (Å²) in [5.74, 6) is 2.59. The van der Waals surface area contributed by atoms with Crippen LogP contribution in [0.3, 0.4) is 0 Å². The molecule has 0 bridgehead atoms. The van der Waals surface area contributed by atoms with Crippen LogP contribution in [-0.4, -0.2) is 21.9 Å². The molecule has 29 heavy (non-hydrogen) atoms. The molecule has 0 fully saturated rings. The minimum absolute atomic E-state index is 0.733. The molecule has 5 heteroatoms. The van der Waals surface area contributed by atoms with Gasteiger partial charge >= 0.3 is 0 Å². The van der Waals surface area contributed by atoms with Gasteiger partial charge in [-0.25, -0.2) is 0 Å². The summed E-state index contributed by atoms with van der Waals surface area (Å²) in [6.07, 6.45) is 0.733. The zero-order valence-electron chi connectivity index (χ0n) is 16.6. The summed E-state index contributed by atoms with van der Waals surface area (Å²) in [6, 6.07) is 26.9. The fourth-order valence-electron chi connectivity index (χ4n) is 3.28. The highest BCUT2D eigenvalue weighted by Crippen LogP contribution is 2.29. The molecule has 4 aromatic rings. The molecular formula is C24H23N3OS. The molecule has 3 aromatic carbocycles. The van der Waals surface area contributed by atoms with E-state index < -0.39 is 0 Å². The number of ether oxygens (including phenoxy) is 1. The van der Waals surface area contributed by atoms with Crippen molar-refractivity contribution >= 4 is 11.8 Å². The maximum absolute atomic E-state index is 5.49. The monoisotopic (exact) mass is 401 g/mol. The van der Waals surface area contributed by atoms with Crippen LogP contribution in [0, 0.1) is 6.92 Å². The fraction of sp³-hybridized carbons (Fsp3) is 0.167. The van der Waals surface area contributed by atoms with Gasteiger partial charge in [0.1, 0.15) is 11.6 Å². The maximum Gasteiger partial charge on any atom is 0.196 e. The largest absolute Gasteiger partial charge is 0.496 e. The molecule has 1 aromatic heterocycles. The lowest BCUT2D eigenvalue weighted by molar-refractivity contribution is 0.411. The molecule has 146 valence electrons. The zero-order valence-corrected chi connectivity index (χ0v) is 17.4. The summed E-state index contributed by atoms with van der Waals surface area (Å²) >= 11 is 1.67. The van der Waals surface area contributed by atoms with Gasteiger partial charge in [-0.1, -0.05) is 72.4 Å². The zero-order chi connectivity index (χ0) is 20.1. The van der Waals surface area contributed by atoms with Crippen LogP contribution in [0.4, 0.5) is 0 Å². The van der Waals surface area contributed by atoms with E-state index in [0.29, 0.717) is 0 Å². The quantitative estimate of drug-likeness (QED) is 0.385. The number of para-hydroxylation sites is 1. The van der Waals surface area contributed by atoms with E-state index in [-0.39, 0.29) is 0 Å². The highest BCUT2D eigenvalue weighted by atomic mass is 32.2. The van der Waals surface area contributed by atoms with Crippen LogP contribution in [0.2, 0.25) is 0 Å². The molecule has 0 aliphatic rings. The molecule has 4 rings (SSSR count). The third-order valence-corrected chi connectivity index (χ3v) is 5.69. The molecule has 0 aliphatic carbocycles. The Morgan fingerprint density at radius 2 is 1.69 bits per heavy atom. The second-order valence-electron chi connectivity index (χ2n) is 6.84. The molecule has 1 heterocycles. The number of benzene rings is 3. The maximum atomic E-state index is 5.49. The normalized spacial score (nSPS) is 10.8. The Hall–Kier alpha value is -3.05. The molecule has 0 radical (unpaired) electrons. The van der Waals surface area contributed by atoms with Crippen molar-refractivity contribution in [2.45, 2.75) is 24.3 Å². The average Bonchev–Trinajstić information content (AvgIpc) is 3.15. The van der Waals surface area contributed by atoms with E-state index in [1.807, 2.05) is 24.3 Å². The lowest BCUT2D eigenvalue weighted by atomic mass is 10.1. The van der Waals surface area contributed by atoms with Crippen molar-refractivity contribution in [3.63, 3.8) is 0 Å². The molecule has 0 saturated carbocycles. The van der Waals surface area contributed by atoms with Gasteiger partial charge in [-0.2, -0.15) is 0 Å². The summed E-state index contributed by atoms with van der Waals surface area (Å²) in [6.45, 7) is 2.10. The highest BCUT2D eigenvalue weighted by Gasteiger charge is 2.16. The Balaban J connectivity index is 1.68. The predicted octanol–water partition coefficient (Wildman–Crippen LogP) is 5.47. The molecule has 0 unspecified atom stereocenters. The Morgan fingerprint density at radius 1 is 0.897 bits per heavy atom. The number of hydrogen-bond acceptors (Lipinski definition) is 4. The number of hydrogen-bond donors (Lipinski definition) is 0. The third kappa shape index (κ3) is 4.51. The molecule has 0 spiro atoms. The number of aryl methyl sites for hydroxylation is 1. The number of rotatable bonds is 7. The Kier molecular flexibility index (Phi) is 5.96. The summed E-state index contributed by atoms with van der Waals surface area (Å²) in [4.78, 5) is 0. The van der Waals surface area contributed by atoms with Gasteiger partial charge in [0.15, 0.2) is 5.16 Å². The highest BCUT2D eigenvalue weighted by molar-refractivity contribution is 7.98. The van der Waals surface area contributed by atoms with E-state index in [4.69, 9.17) is 4.74 Å². The van der Waals surface area contributed by atoms with Crippen LogP contribution in [0.1, 0.15) is 22.5 Å². The lowest BCUT2D eigenvalue weighted by Crippen LogP contribution is -2.04. The number of aromatic nitrogens is 3. The Bertz CT molecular complexity index is 1090. The van der Waals surface area contributed by atoms with Crippen molar-refractivity contribution < 1.29 is 4.74 Å². The van der Waals surface area contributed by atoms with Gasteiger partial charge in [-0.15, -0.1) is 10.2 Å². The summed E-state index contributed by atoms with van der Waals surface area (Å²) in [5.41, 5.74) is 4.66. The van der Waals surface area contributed by atoms with Crippen molar-refractivity contribution in [2.75, 3.05) is 7.11 Å². The predicted molar refractivity (Wildman–Crippen MR) is 118 cm³/mol. The topological polar surface area (TPSA) is 39.9 Å². The minimum atomic E-state index is 0.733. The van der Waals surface area contributed by atoms with Gasteiger partial charge in [-0.05, 0) is 36.2 Å². The first-order valence-electron chi connectivity index (χ1n) is 9.54. The van der Waals surface area contributed by atoms with Crippen LogP contribution < -0.4 is 4.74 Å². The standard InChI is InChI=1S/C24H23N3OS/c1-18-9-8-13-21(15-18)27-23(16-19-10-4-3-5-11-19)25-26-24(27)29-17-20-12-6-7-14-22(20)28-2/h3-15H,16-17H2,1-2H3. The summed E-state index contributed by atoms with van der Waals surface area (Å²) < 4.78 is 7.66. The first kappa shape index (κ1) is 19.3. The average molecular weight is 402 g/mol. The summed E-state index contributed by atoms with van der Waals surface area (Å²) in [5, 5.41) is 9.94. The van der Waals surface area contributed by atoms with Crippen molar-refractivity contribution in [1.82, 2.24) is 14.8 Å². The van der Waals surface area contributed by atoms with E-state index >= 15 is 0 Å². The van der Waals surface area contributed by atoms with Crippen molar-refractivity contribution in [3.8, 4) is 11.4 Å². The van der Waals surface area contributed by atoms with Crippen molar-refractivity contribution in [1.29, 1.82) is 0 Å². The number of thioether (sulfide) groups is 1. The van der Waals surface area contributed by atoms with E-state index in [0.717, 1.165) is 40.2 Å². The van der Waals surface area contributed by atoms with Gasteiger partial charge in [0.2, 0.25) is 0 Å². The Morgan fingerprint density at radius 3 is 2.48 bits per heavy atom. The van der Waals surface area contributed by atoms with Gasteiger partial charge in [-0.3, -0.25) is 4.57 Å². The van der Waals surface area contributed by atoms with E-state index in [2.05, 4.69) is 76.3 Å². The van der Waals surface area contributed by atoms with Crippen molar-refractivity contribution in [2.24, 2.45) is 0 Å². The number of nitrogens with zero attached hydrogens (tertiary/aromatic N) is 3. The SMILES string of the molecule is COc1ccccc1CSc1nnc(Cc2ccccc2)n1-c1cccc(C)c1. The molecule has 4 nitrogen and oxygen atoms in total. The van der Waals surface area contributed by atoms with Gasteiger partial charge < -0.3 is 4.74 Å². The van der Waals surface area contributed by atoms with Crippen LogP contribution in [0.25, 0.3) is 5.69 Å². The van der Waals surface area contributed by atoms with Crippen LogP contribution >= 0.6 is 11.8 Å². The first-order valence-corrected chi connectivity index (χ1v) is 10.5. The Labute approximate surface area is 175 Å². The van der Waals surface area contributed by atoms with Gasteiger partial charge in [0, 0.05) is 23.4 Å². The molecule has 0 atom stereocenters. The van der Waals surface area contributed by atoms with Crippen molar-refractivity contribution in [3.05, 3.63) is 101 Å². The second-order valence-corrected chi connectivity index (χ2v) is 7.78. The smallest absolute Gasteiger partial charge is 0.196 e. The molecule has 0 N–H and O–H groups in total.